The van der Waals surface area contributed by atoms with Crippen molar-refractivity contribution in [2.75, 3.05) is 6.61 Å². The lowest BCUT2D eigenvalue weighted by atomic mass is 9.91. The fourth-order valence-corrected chi connectivity index (χ4v) is 4.04. The van der Waals surface area contributed by atoms with Crippen LogP contribution in [-0.2, 0) is 0 Å². The third kappa shape index (κ3) is 3.63. The Labute approximate surface area is 195 Å². The van der Waals surface area contributed by atoms with Gasteiger partial charge in [0.05, 0.1) is 17.7 Å². The van der Waals surface area contributed by atoms with Crippen LogP contribution in [0.25, 0.3) is 33.4 Å². The molecule has 0 atom stereocenters. The smallest absolute Gasteiger partial charge is 0.336 e. The number of carboxylic acid groups (broad SMARTS) is 2. The van der Waals surface area contributed by atoms with Gasteiger partial charge in [-0.3, -0.25) is 4.79 Å². The summed E-state index contributed by atoms with van der Waals surface area (Å²) >= 11 is 12.5. The average molecular weight is 489 g/mol. The predicted molar refractivity (Wildman–Crippen MR) is 121 cm³/mol. The first-order chi connectivity index (χ1) is 15.6. The summed E-state index contributed by atoms with van der Waals surface area (Å²) in [7, 11) is 0. The van der Waals surface area contributed by atoms with Crippen LogP contribution in [-0.4, -0.2) is 33.9 Å². The molecule has 2 aromatic rings. The molecule has 2 aliphatic rings. The van der Waals surface area contributed by atoms with Crippen LogP contribution in [0.1, 0.15) is 27.6 Å². The first-order valence-electron chi connectivity index (χ1n) is 9.50. The first kappa shape index (κ1) is 22.4. The molecular weight excluding hydrogens is 475 g/mol. The van der Waals surface area contributed by atoms with E-state index in [9.17, 15) is 29.7 Å². The van der Waals surface area contributed by atoms with Gasteiger partial charge in [0.2, 0.25) is 5.43 Å². The molecule has 0 saturated heterocycles. The van der Waals surface area contributed by atoms with E-state index < -0.39 is 28.5 Å². The number of aromatic carboxylic acids is 2. The summed E-state index contributed by atoms with van der Waals surface area (Å²) in [6.45, 7) is 1.93. The van der Waals surface area contributed by atoms with Gasteiger partial charge in [-0.15, -0.1) is 0 Å². The minimum Gasteiger partial charge on any atom is -0.503 e. The van der Waals surface area contributed by atoms with Crippen molar-refractivity contribution in [3.05, 3.63) is 67.8 Å². The molecule has 2 aromatic carbocycles. The maximum atomic E-state index is 12.1. The van der Waals surface area contributed by atoms with Crippen molar-refractivity contribution in [1.82, 2.24) is 0 Å². The molecule has 10 heteroatoms. The lowest BCUT2D eigenvalue weighted by Crippen LogP contribution is -2.08. The number of phenols is 1. The number of rotatable bonds is 5. The molecule has 168 valence electrons. The number of halogens is 2. The number of hydrogen-bond donors (Lipinski definition) is 3. The summed E-state index contributed by atoms with van der Waals surface area (Å²) < 4.78 is 11.3. The van der Waals surface area contributed by atoms with Crippen LogP contribution < -0.4 is 10.2 Å². The Balaban J connectivity index is 2.21. The zero-order valence-corrected chi connectivity index (χ0v) is 18.3. The van der Waals surface area contributed by atoms with E-state index in [-0.39, 0.29) is 39.5 Å². The molecule has 0 saturated carbocycles. The van der Waals surface area contributed by atoms with Gasteiger partial charge in [-0.05, 0) is 42.8 Å². The Hall–Kier alpha value is -3.75. The zero-order chi connectivity index (χ0) is 24.0. The summed E-state index contributed by atoms with van der Waals surface area (Å²) in [5.41, 5.74) is -0.383. The first-order valence-corrected chi connectivity index (χ1v) is 10.3. The molecule has 0 spiro atoms. The van der Waals surface area contributed by atoms with Crippen LogP contribution in [0.3, 0.4) is 0 Å². The molecule has 3 N–H and O–H groups in total. The molecule has 8 nitrogen and oxygen atoms in total. The zero-order valence-electron chi connectivity index (χ0n) is 16.8. The van der Waals surface area contributed by atoms with E-state index in [1.54, 1.807) is 6.92 Å². The lowest BCUT2D eigenvalue weighted by molar-refractivity contribution is 0.0651. The Morgan fingerprint density at radius 2 is 1.70 bits per heavy atom. The molecule has 1 aliphatic carbocycles. The summed E-state index contributed by atoms with van der Waals surface area (Å²) in [6.07, 6.45) is 0. The van der Waals surface area contributed by atoms with Gasteiger partial charge < -0.3 is 24.5 Å². The molecule has 0 unspecified atom stereocenters. The fraction of sp³-hybridized carbons (Fsp3) is 0.0870. The SMILES string of the molecule is CCOc1cc2c(-c3ccc(C(=O)O)c(C(=O)O)c3)c3ccc(=O)c(Cl)c-3oc2c(Cl)c1O. The molecule has 1 heterocycles. The van der Waals surface area contributed by atoms with Crippen molar-refractivity contribution in [2.45, 2.75) is 6.92 Å². The van der Waals surface area contributed by atoms with Gasteiger partial charge in [0.25, 0.3) is 0 Å². The number of fused-ring (bicyclic) bond motifs is 2. The van der Waals surface area contributed by atoms with E-state index in [1.165, 1.54) is 30.3 Å². The van der Waals surface area contributed by atoms with E-state index in [0.717, 1.165) is 6.07 Å². The van der Waals surface area contributed by atoms with Gasteiger partial charge in [-0.1, -0.05) is 29.3 Å². The van der Waals surface area contributed by atoms with Crippen LogP contribution in [0, 0.1) is 0 Å². The third-order valence-corrected chi connectivity index (χ3v) is 5.74. The third-order valence-electron chi connectivity index (χ3n) is 5.03. The van der Waals surface area contributed by atoms with Crippen LogP contribution in [0.4, 0.5) is 0 Å². The highest BCUT2D eigenvalue weighted by Gasteiger charge is 2.26. The Kier molecular flexibility index (Phi) is 5.65. The quantitative estimate of drug-likeness (QED) is 0.319. The predicted octanol–water partition coefficient (Wildman–Crippen LogP) is 5.37. The minimum absolute atomic E-state index is 0.0215. The number of carbonyl (C=O) groups is 2. The van der Waals surface area contributed by atoms with Gasteiger partial charge >= 0.3 is 11.9 Å². The van der Waals surface area contributed by atoms with Crippen molar-refractivity contribution in [3.63, 3.8) is 0 Å². The molecule has 0 aromatic heterocycles. The van der Waals surface area contributed by atoms with E-state index in [0.29, 0.717) is 22.1 Å². The summed E-state index contributed by atoms with van der Waals surface area (Å²) in [4.78, 5) is 35.4. The van der Waals surface area contributed by atoms with E-state index in [2.05, 4.69) is 0 Å². The molecule has 33 heavy (non-hydrogen) atoms. The second kappa shape index (κ2) is 8.31. The highest BCUT2D eigenvalue weighted by molar-refractivity contribution is 6.37. The Morgan fingerprint density at radius 1 is 1.00 bits per heavy atom. The maximum Gasteiger partial charge on any atom is 0.336 e. The molecule has 0 radical (unpaired) electrons. The van der Waals surface area contributed by atoms with Crippen LogP contribution >= 0.6 is 23.2 Å². The van der Waals surface area contributed by atoms with Crippen molar-refractivity contribution < 1.29 is 34.1 Å². The van der Waals surface area contributed by atoms with Gasteiger partial charge in [0, 0.05) is 16.5 Å². The van der Waals surface area contributed by atoms with Crippen molar-refractivity contribution in [3.8, 4) is 33.9 Å². The maximum absolute atomic E-state index is 12.1. The molecule has 0 fully saturated rings. The standard InChI is InChI=1S/C23H14Cl2O8/c1-2-32-15-8-13-16(9-3-4-10(22(28)29)12(7-9)23(30)31)11-5-6-14(26)17(24)20(11)33-21(13)18(25)19(15)27/h3-8,27H,2H2,1H3,(H,28,29)(H,30,31). The van der Waals surface area contributed by atoms with Crippen molar-refractivity contribution in [1.29, 1.82) is 0 Å². The molecular formula is C23H14Cl2O8. The largest absolute Gasteiger partial charge is 0.503 e. The monoisotopic (exact) mass is 488 g/mol. The van der Waals surface area contributed by atoms with E-state index in [4.69, 9.17) is 32.4 Å². The molecule has 0 bridgehead atoms. The second-order valence-corrected chi connectivity index (χ2v) is 7.71. The number of phenolic OH excluding ortho intramolecular Hbond substituents is 1. The number of carboxylic acids is 2. The minimum atomic E-state index is -1.44. The Bertz CT molecular complexity index is 1490. The second-order valence-electron chi connectivity index (χ2n) is 6.95. The van der Waals surface area contributed by atoms with Crippen molar-refractivity contribution in [2.24, 2.45) is 0 Å². The summed E-state index contributed by atoms with van der Waals surface area (Å²) in [5.74, 6) is -3.20. The molecule has 0 amide bonds. The van der Waals surface area contributed by atoms with Gasteiger partial charge in [0.15, 0.2) is 22.8 Å². The summed E-state index contributed by atoms with van der Waals surface area (Å²) in [6, 6.07) is 7.92. The highest BCUT2D eigenvalue weighted by atomic mass is 35.5. The highest BCUT2D eigenvalue weighted by Crippen LogP contribution is 2.49. The van der Waals surface area contributed by atoms with Crippen LogP contribution in [0.5, 0.6) is 11.5 Å². The number of hydrogen-bond acceptors (Lipinski definition) is 6. The number of benzene rings is 3. The number of aromatic hydroxyl groups is 1. The van der Waals surface area contributed by atoms with E-state index in [1.807, 2.05) is 0 Å². The Morgan fingerprint density at radius 3 is 2.33 bits per heavy atom. The van der Waals surface area contributed by atoms with Gasteiger partial charge in [-0.25, -0.2) is 9.59 Å². The van der Waals surface area contributed by atoms with Gasteiger partial charge in [0.1, 0.15) is 10.0 Å². The van der Waals surface area contributed by atoms with E-state index >= 15 is 0 Å². The normalized spacial score (nSPS) is 11.1. The fourth-order valence-electron chi connectivity index (χ4n) is 3.61. The summed E-state index contributed by atoms with van der Waals surface area (Å²) in [5, 5.41) is 29.3. The molecule has 1 aliphatic heterocycles. The lowest BCUT2D eigenvalue weighted by Gasteiger charge is -2.19. The average Bonchev–Trinajstić information content (AvgIpc) is 2.78. The number of ether oxygens (including phenoxy) is 1. The van der Waals surface area contributed by atoms with Crippen LogP contribution in [0.2, 0.25) is 10.0 Å². The topological polar surface area (TPSA) is 134 Å². The van der Waals surface area contributed by atoms with Crippen molar-refractivity contribution >= 4 is 46.1 Å². The van der Waals surface area contributed by atoms with Gasteiger partial charge in [-0.2, -0.15) is 0 Å². The molecule has 4 rings (SSSR count). The van der Waals surface area contributed by atoms with Crippen LogP contribution in [0.15, 0.2) is 45.6 Å².